The van der Waals surface area contributed by atoms with Crippen LogP contribution < -0.4 is 5.32 Å². The second-order valence-corrected chi connectivity index (χ2v) is 6.37. The molecule has 114 valence electrons. The van der Waals surface area contributed by atoms with Crippen LogP contribution in [0.3, 0.4) is 0 Å². The van der Waals surface area contributed by atoms with E-state index in [0.717, 1.165) is 12.0 Å². The molecule has 4 heteroatoms. The lowest BCUT2D eigenvalue weighted by atomic mass is 9.97. The second kappa shape index (κ2) is 9.17. The van der Waals surface area contributed by atoms with E-state index < -0.39 is 0 Å². The molecule has 2 heterocycles. The van der Waals surface area contributed by atoms with Crippen molar-refractivity contribution in [3.05, 3.63) is 0 Å². The molecule has 0 aromatic heterocycles. The van der Waals surface area contributed by atoms with Gasteiger partial charge in [-0.2, -0.15) is 0 Å². The molecule has 0 radical (unpaired) electrons. The Bertz CT molecular complexity index is 231. The molecule has 1 atom stereocenters. The van der Waals surface area contributed by atoms with Gasteiger partial charge in [-0.1, -0.05) is 6.42 Å². The van der Waals surface area contributed by atoms with E-state index >= 15 is 0 Å². The molecule has 2 saturated heterocycles. The van der Waals surface area contributed by atoms with Crippen LogP contribution in [0.2, 0.25) is 0 Å². The van der Waals surface area contributed by atoms with E-state index in [2.05, 4.69) is 29.2 Å². The number of rotatable bonds is 5. The fraction of sp³-hybridized carbons (Fsp3) is 1.00. The Morgan fingerprint density at radius 1 is 1.16 bits per heavy atom. The first-order chi connectivity index (χ1) is 8.75. The summed E-state index contributed by atoms with van der Waals surface area (Å²) in [6.45, 7) is 6.34. The van der Waals surface area contributed by atoms with E-state index in [1.807, 2.05) is 0 Å². The Labute approximate surface area is 125 Å². The monoisotopic (exact) mass is 289 g/mol. The lowest BCUT2D eigenvalue weighted by Gasteiger charge is -2.34. The van der Waals surface area contributed by atoms with Crippen LogP contribution in [0.4, 0.5) is 0 Å². The topological polar surface area (TPSA) is 18.5 Å². The van der Waals surface area contributed by atoms with Gasteiger partial charge in [0.1, 0.15) is 0 Å². The molecule has 2 aliphatic rings. The number of hydrogen-bond donors (Lipinski definition) is 1. The normalized spacial score (nSPS) is 26.4. The average molecular weight is 290 g/mol. The molecule has 1 unspecified atom stereocenters. The van der Waals surface area contributed by atoms with E-state index in [0.29, 0.717) is 0 Å². The van der Waals surface area contributed by atoms with Crippen molar-refractivity contribution in [2.75, 3.05) is 46.8 Å². The van der Waals surface area contributed by atoms with Gasteiger partial charge in [-0.15, -0.1) is 12.4 Å². The van der Waals surface area contributed by atoms with Crippen LogP contribution in [0.5, 0.6) is 0 Å². The molecule has 19 heavy (non-hydrogen) atoms. The fourth-order valence-corrected chi connectivity index (χ4v) is 3.47. The summed E-state index contributed by atoms with van der Waals surface area (Å²) >= 11 is 0. The molecule has 0 amide bonds. The van der Waals surface area contributed by atoms with Gasteiger partial charge in [0.2, 0.25) is 0 Å². The highest BCUT2D eigenvalue weighted by atomic mass is 35.5. The molecule has 0 aliphatic carbocycles. The van der Waals surface area contributed by atoms with Crippen molar-refractivity contribution in [2.45, 2.75) is 44.6 Å². The Kier molecular flexibility index (Phi) is 8.31. The molecule has 0 saturated carbocycles. The van der Waals surface area contributed by atoms with Crippen LogP contribution in [0.15, 0.2) is 0 Å². The summed E-state index contributed by atoms with van der Waals surface area (Å²) in [4.78, 5) is 5.14. The zero-order valence-corrected chi connectivity index (χ0v) is 13.6. The molecular weight excluding hydrogens is 258 g/mol. The van der Waals surface area contributed by atoms with Gasteiger partial charge in [0.05, 0.1) is 0 Å². The van der Waals surface area contributed by atoms with E-state index in [1.165, 1.54) is 71.2 Å². The van der Waals surface area contributed by atoms with Crippen molar-refractivity contribution < 1.29 is 0 Å². The van der Waals surface area contributed by atoms with E-state index in [-0.39, 0.29) is 12.4 Å². The van der Waals surface area contributed by atoms with Crippen molar-refractivity contribution in [1.29, 1.82) is 0 Å². The van der Waals surface area contributed by atoms with Gasteiger partial charge < -0.3 is 15.1 Å². The zero-order valence-electron chi connectivity index (χ0n) is 12.7. The fourth-order valence-electron chi connectivity index (χ4n) is 3.47. The number of halogens is 1. The number of piperidine rings is 2. The van der Waals surface area contributed by atoms with Crippen molar-refractivity contribution >= 4 is 12.4 Å². The molecule has 0 aromatic carbocycles. The second-order valence-electron chi connectivity index (χ2n) is 6.37. The summed E-state index contributed by atoms with van der Waals surface area (Å²) in [5.41, 5.74) is 0. The van der Waals surface area contributed by atoms with Crippen LogP contribution in [-0.4, -0.2) is 62.7 Å². The van der Waals surface area contributed by atoms with Gasteiger partial charge in [-0.3, -0.25) is 0 Å². The Morgan fingerprint density at radius 3 is 2.58 bits per heavy atom. The summed E-state index contributed by atoms with van der Waals surface area (Å²) in [6, 6.07) is 0.842. The third kappa shape index (κ3) is 5.99. The van der Waals surface area contributed by atoms with E-state index in [1.54, 1.807) is 0 Å². The molecule has 0 bridgehead atoms. The van der Waals surface area contributed by atoms with Crippen LogP contribution in [0, 0.1) is 5.92 Å². The predicted molar refractivity (Wildman–Crippen MR) is 85.2 cm³/mol. The van der Waals surface area contributed by atoms with Gasteiger partial charge in [0.15, 0.2) is 0 Å². The lowest BCUT2D eigenvalue weighted by Crippen LogP contribution is -2.40. The molecule has 1 N–H and O–H groups in total. The number of nitrogens with one attached hydrogen (secondary N) is 1. The minimum absolute atomic E-state index is 0. The molecule has 3 nitrogen and oxygen atoms in total. The first kappa shape index (κ1) is 17.2. The summed E-state index contributed by atoms with van der Waals surface area (Å²) in [6.07, 6.45) is 8.35. The molecular formula is C15H32ClN3. The van der Waals surface area contributed by atoms with Gasteiger partial charge in [0, 0.05) is 12.6 Å². The molecule has 0 spiro atoms. The Hall–Kier alpha value is 0.170. The van der Waals surface area contributed by atoms with Crippen LogP contribution >= 0.6 is 12.4 Å². The van der Waals surface area contributed by atoms with E-state index in [9.17, 15) is 0 Å². The average Bonchev–Trinajstić information content (AvgIpc) is 2.39. The largest absolute Gasteiger partial charge is 0.317 e. The predicted octanol–water partition coefficient (Wildman–Crippen LogP) is 2.21. The molecule has 2 aliphatic heterocycles. The summed E-state index contributed by atoms with van der Waals surface area (Å²) in [5, 5.41) is 3.45. The minimum atomic E-state index is 0. The molecule has 2 fully saturated rings. The van der Waals surface area contributed by atoms with Gasteiger partial charge in [0.25, 0.3) is 0 Å². The lowest BCUT2D eigenvalue weighted by molar-refractivity contribution is 0.153. The minimum Gasteiger partial charge on any atom is -0.317 e. The molecule has 0 aromatic rings. The van der Waals surface area contributed by atoms with Crippen LogP contribution in [-0.2, 0) is 0 Å². The van der Waals surface area contributed by atoms with Crippen molar-refractivity contribution in [1.82, 2.24) is 15.1 Å². The quantitative estimate of drug-likeness (QED) is 0.837. The van der Waals surface area contributed by atoms with Gasteiger partial charge in [-0.25, -0.2) is 0 Å². The standard InChI is InChI=1S/C15H31N3.ClH/c1-17(13-14-6-9-16-10-7-14)12-8-15-5-3-4-11-18(15)2;/h14-16H,3-13H2,1-2H3;1H. The van der Waals surface area contributed by atoms with Crippen LogP contribution in [0.25, 0.3) is 0 Å². The highest BCUT2D eigenvalue weighted by Gasteiger charge is 2.20. The highest BCUT2D eigenvalue weighted by Crippen LogP contribution is 2.18. The maximum absolute atomic E-state index is 3.45. The maximum atomic E-state index is 3.45. The first-order valence-electron chi connectivity index (χ1n) is 7.85. The summed E-state index contributed by atoms with van der Waals surface area (Å²) in [7, 11) is 4.61. The smallest absolute Gasteiger partial charge is 0.0104 e. The van der Waals surface area contributed by atoms with Gasteiger partial charge in [-0.05, 0) is 78.3 Å². The molecule has 2 rings (SSSR count). The van der Waals surface area contributed by atoms with Gasteiger partial charge >= 0.3 is 0 Å². The Morgan fingerprint density at radius 2 is 1.89 bits per heavy atom. The Balaban J connectivity index is 0.00000180. The van der Waals surface area contributed by atoms with Crippen molar-refractivity contribution in [3.63, 3.8) is 0 Å². The zero-order chi connectivity index (χ0) is 12.8. The van der Waals surface area contributed by atoms with Crippen molar-refractivity contribution in [2.24, 2.45) is 5.92 Å². The van der Waals surface area contributed by atoms with Crippen LogP contribution in [0.1, 0.15) is 38.5 Å². The number of nitrogens with zero attached hydrogens (tertiary/aromatic N) is 2. The third-order valence-corrected chi connectivity index (χ3v) is 4.79. The maximum Gasteiger partial charge on any atom is 0.0104 e. The van der Waals surface area contributed by atoms with Crippen molar-refractivity contribution in [3.8, 4) is 0 Å². The summed E-state index contributed by atoms with van der Waals surface area (Å²) in [5.74, 6) is 0.931. The highest BCUT2D eigenvalue weighted by molar-refractivity contribution is 5.85. The first-order valence-corrected chi connectivity index (χ1v) is 7.85. The third-order valence-electron chi connectivity index (χ3n) is 4.79. The number of likely N-dealkylation sites (tertiary alicyclic amines) is 1. The SMILES string of the molecule is CN(CCC1CCCCN1C)CC1CCNCC1.Cl. The van der Waals surface area contributed by atoms with E-state index in [4.69, 9.17) is 0 Å². The number of hydrogen-bond acceptors (Lipinski definition) is 3. The summed E-state index contributed by atoms with van der Waals surface area (Å²) < 4.78 is 0.